The van der Waals surface area contributed by atoms with Crippen molar-refractivity contribution in [2.24, 2.45) is 0 Å². The van der Waals surface area contributed by atoms with Gasteiger partial charge in [0.05, 0.1) is 19.8 Å². The van der Waals surface area contributed by atoms with Crippen LogP contribution in [-0.2, 0) is 42.2 Å². The molecule has 0 saturated carbocycles. The number of phosphoric acid groups is 1. The van der Waals surface area contributed by atoms with Crippen molar-refractivity contribution in [2.45, 2.75) is 238 Å². The highest BCUT2D eigenvalue weighted by Gasteiger charge is 2.28. The molecule has 0 aromatic carbocycles. The Labute approximate surface area is 486 Å². The molecule has 3 atom stereocenters. The zero-order chi connectivity index (χ0) is 58.3. The summed E-state index contributed by atoms with van der Waals surface area (Å²) in [6, 6.07) is 0. The largest absolute Gasteiger partial charge is 0.472 e. The number of esters is 3. The van der Waals surface area contributed by atoms with E-state index in [0.717, 1.165) is 122 Å². The maximum atomic E-state index is 12.9. The van der Waals surface area contributed by atoms with Crippen LogP contribution in [0, 0.1) is 0 Å². The summed E-state index contributed by atoms with van der Waals surface area (Å²) in [5, 5.41) is 9.83. The summed E-state index contributed by atoms with van der Waals surface area (Å²) in [5.74, 6) is -1.59. The molecule has 0 aromatic rings. The molecule has 0 aliphatic rings. The molecule has 0 aliphatic heterocycles. The normalized spacial score (nSPS) is 14.3. The van der Waals surface area contributed by atoms with E-state index in [1.807, 2.05) is 12.2 Å². The van der Waals surface area contributed by atoms with E-state index in [4.69, 9.17) is 23.3 Å². The van der Waals surface area contributed by atoms with Crippen LogP contribution in [0.3, 0.4) is 0 Å². The number of phosphoric ester groups is 1. The van der Waals surface area contributed by atoms with Crippen molar-refractivity contribution in [3.63, 3.8) is 0 Å². The number of aliphatic hydroxyl groups is 1. The van der Waals surface area contributed by atoms with Crippen molar-refractivity contribution in [1.82, 2.24) is 0 Å². The van der Waals surface area contributed by atoms with Crippen molar-refractivity contribution in [1.29, 1.82) is 0 Å². The zero-order valence-electron chi connectivity index (χ0n) is 50.0. The zero-order valence-corrected chi connectivity index (χ0v) is 50.9. The first-order chi connectivity index (χ1) is 39.2. The van der Waals surface area contributed by atoms with Gasteiger partial charge in [-0.05, 0) is 135 Å². The molecular formula is C68H109O11P. The Hall–Kier alpha value is -4.64. The minimum absolute atomic E-state index is 0.0877. The fourth-order valence-corrected chi connectivity index (χ4v) is 8.41. The lowest BCUT2D eigenvalue weighted by Crippen LogP contribution is -2.30. The summed E-state index contributed by atoms with van der Waals surface area (Å²) in [7, 11) is -4.79. The topological polar surface area (TPSA) is 155 Å². The monoisotopic (exact) mass is 1130 g/mol. The van der Waals surface area contributed by atoms with Gasteiger partial charge < -0.3 is 24.2 Å². The van der Waals surface area contributed by atoms with Crippen LogP contribution in [0.5, 0.6) is 0 Å². The van der Waals surface area contributed by atoms with E-state index in [0.29, 0.717) is 25.7 Å². The van der Waals surface area contributed by atoms with Crippen molar-refractivity contribution in [2.75, 3.05) is 26.4 Å². The number of aliphatic hydroxyl groups excluding tert-OH is 1. The minimum Gasteiger partial charge on any atom is -0.462 e. The molecule has 3 unspecified atom stereocenters. The van der Waals surface area contributed by atoms with Gasteiger partial charge in [0, 0.05) is 19.3 Å². The van der Waals surface area contributed by atoms with Crippen molar-refractivity contribution < 1.29 is 52.2 Å². The number of hydrogen-bond acceptors (Lipinski definition) is 10. The summed E-state index contributed by atoms with van der Waals surface area (Å²) < 4.78 is 39.5. The molecule has 0 aromatic heterocycles. The van der Waals surface area contributed by atoms with Crippen LogP contribution in [0.15, 0.2) is 146 Å². The molecule has 0 bridgehead atoms. The summed E-state index contributed by atoms with van der Waals surface area (Å²) in [6.45, 7) is 4.27. The standard InChI is InChI=1S/C68H109O11P/c1-4-7-10-13-16-19-22-25-28-31-32-35-38-41-44-47-50-53-56-59-68(72)79-65(61-75-66(70)57-54-51-48-45-42-39-36-33-29-26-23-20-17-14-11-8-5-2)63-77-80(73,74)76-62-64(60-69)78-67(71)58-55-52-49-46-43-40-37-34-30-27-24-21-18-15-12-9-6-3/h7,9-10,12,16-21,25-30,32,35,37,40-41,44,46,49,64-65,69H,4-6,8,11,13-15,22-24,31,33-34,36,38-39,42-43,45,47-48,50-63H2,1-3H3,(H,73,74)/b10-7-,12-9-,19-16-,20-17-,21-18-,28-25-,29-26-,30-27-,35-32-,40-37-,44-41-,49-46-. The highest BCUT2D eigenvalue weighted by atomic mass is 31.2. The van der Waals surface area contributed by atoms with Gasteiger partial charge in [-0.25, -0.2) is 4.57 Å². The molecule has 11 nitrogen and oxygen atoms in total. The quantitative estimate of drug-likeness (QED) is 0.0197. The summed E-state index contributed by atoms with van der Waals surface area (Å²) in [4.78, 5) is 48.7. The van der Waals surface area contributed by atoms with Crippen LogP contribution in [0.2, 0.25) is 0 Å². The number of carbonyl (C=O) groups is 3. The maximum absolute atomic E-state index is 12.9. The Morgan fingerprint density at radius 2 is 0.662 bits per heavy atom. The summed E-state index contributed by atoms with van der Waals surface area (Å²) >= 11 is 0. The van der Waals surface area contributed by atoms with Gasteiger partial charge in [-0.2, -0.15) is 0 Å². The molecule has 0 fully saturated rings. The summed E-state index contributed by atoms with van der Waals surface area (Å²) in [5.41, 5.74) is 0. The smallest absolute Gasteiger partial charge is 0.462 e. The van der Waals surface area contributed by atoms with Gasteiger partial charge in [-0.3, -0.25) is 23.4 Å². The molecule has 0 aliphatic carbocycles. The lowest BCUT2D eigenvalue weighted by Gasteiger charge is -2.21. The van der Waals surface area contributed by atoms with E-state index in [-0.39, 0.29) is 25.9 Å². The molecule has 0 heterocycles. The first kappa shape index (κ1) is 75.4. The first-order valence-corrected chi connectivity index (χ1v) is 32.2. The average molecular weight is 1130 g/mol. The van der Waals surface area contributed by atoms with Gasteiger partial charge in [0.25, 0.3) is 0 Å². The fourth-order valence-electron chi connectivity index (χ4n) is 7.62. The highest BCUT2D eigenvalue weighted by molar-refractivity contribution is 7.47. The average Bonchev–Trinajstić information content (AvgIpc) is 3.45. The second-order valence-electron chi connectivity index (χ2n) is 19.7. The van der Waals surface area contributed by atoms with Gasteiger partial charge in [0.15, 0.2) is 6.10 Å². The number of carbonyl (C=O) groups excluding carboxylic acids is 3. The van der Waals surface area contributed by atoms with Crippen LogP contribution >= 0.6 is 7.82 Å². The Balaban J connectivity index is 4.87. The molecule has 452 valence electrons. The predicted octanol–water partition coefficient (Wildman–Crippen LogP) is 18.7. The van der Waals surface area contributed by atoms with Crippen LogP contribution in [0.1, 0.15) is 226 Å². The third-order valence-corrected chi connectivity index (χ3v) is 13.2. The van der Waals surface area contributed by atoms with Crippen molar-refractivity contribution in [3.8, 4) is 0 Å². The van der Waals surface area contributed by atoms with E-state index in [1.165, 1.54) is 38.5 Å². The van der Waals surface area contributed by atoms with Crippen LogP contribution in [-0.4, -0.2) is 66.5 Å². The van der Waals surface area contributed by atoms with Crippen molar-refractivity contribution >= 4 is 25.7 Å². The van der Waals surface area contributed by atoms with Crippen LogP contribution in [0.25, 0.3) is 0 Å². The fraction of sp³-hybridized carbons (Fsp3) is 0.603. The minimum atomic E-state index is -4.79. The second kappa shape index (κ2) is 60.5. The third-order valence-electron chi connectivity index (χ3n) is 12.2. The molecule has 12 heteroatoms. The molecule has 2 N–H and O–H groups in total. The Morgan fingerprint density at radius 1 is 0.362 bits per heavy atom. The van der Waals surface area contributed by atoms with Gasteiger partial charge in [-0.1, -0.05) is 218 Å². The number of hydrogen-bond donors (Lipinski definition) is 2. The van der Waals surface area contributed by atoms with E-state index < -0.39 is 57.8 Å². The molecule has 0 rings (SSSR count). The van der Waals surface area contributed by atoms with Gasteiger partial charge in [0.2, 0.25) is 0 Å². The predicted molar refractivity (Wildman–Crippen MR) is 334 cm³/mol. The van der Waals surface area contributed by atoms with Gasteiger partial charge in [-0.15, -0.1) is 0 Å². The van der Waals surface area contributed by atoms with E-state index >= 15 is 0 Å². The van der Waals surface area contributed by atoms with Crippen LogP contribution < -0.4 is 0 Å². The number of rotatable bonds is 55. The van der Waals surface area contributed by atoms with Gasteiger partial charge in [0.1, 0.15) is 12.7 Å². The highest BCUT2D eigenvalue weighted by Crippen LogP contribution is 2.43. The third kappa shape index (κ3) is 58.0. The molecule has 0 amide bonds. The molecular weight excluding hydrogens is 1020 g/mol. The lowest BCUT2D eigenvalue weighted by atomic mass is 10.1. The van der Waals surface area contributed by atoms with Gasteiger partial charge >= 0.3 is 25.7 Å². The van der Waals surface area contributed by atoms with E-state index in [2.05, 4.69) is 154 Å². The molecule has 80 heavy (non-hydrogen) atoms. The second-order valence-corrected chi connectivity index (χ2v) is 21.2. The Bertz CT molecular complexity index is 1900. The van der Waals surface area contributed by atoms with Crippen LogP contribution in [0.4, 0.5) is 0 Å². The first-order valence-electron chi connectivity index (χ1n) is 30.7. The van der Waals surface area contributed by atoms with E-state index in [1.54, 1.807) is 0 Å². The molecule has 0 saturated heterocycles. The van der Waals surface area contributed by atoms with Crippen molar-refractivity contribution in [3.05, 3.63) is 146 Å². The Morgan fingerprint density at radius 3 is 1.06 bits per heavy atom. The number of allylic oxidation sites excluding steroid dienone is 24. The number of unbranched alkanes of at least 4 members (excludes halogenated alkanes) is 14. The Kier molecular flexibility index (Phi) is 56.9. The van der Waals surface area contributed by atoms with E-state index in [9.17, 15) is 28.9 Å². The maximum Gasteiger partial charge on any atom is 0.472 e. The molecule has 0 spiro atoms. The summed E-state index contributed by atoms with van der Waals surface area (Å²) in [6.07, 6.45) is 78.0. The lowest BCUT2D eigenvalue weighted by molar-refractivity contribution is -0.161. The molecule has 0 radical (unpaired) electrons. The SMILES string of the molecule is CC/C=C\C/C=C\C/C=C\C/C=C\C/C=C\CCCCCC(=O)OC(COC(=O)CCCCCCCCC/C=C\C/C=C\CCCCC)COP(=O)(O)OCC(CO)OC(=O)CCC/C=C\C/C=C\C/C=C\C/C=C\C/C=C\CC. The number of ether oxygens (including phenoxy) is 3.